The second-order valence-corrected chi connectivity index (χ2v) is 4.37. The number of aromatic hydroxyl groups is 2. The number of hydrogen-bond donors (Lipinski definition) is 4. The minimum atomic E-state index is -0.176. The summed E-state index contributed by atoms with van der Waals surface area (Å²) < 4.78 is 1.49. The molecule has 0 bridgehead atoms. The molecule has 0 atom stereocenters. The molecule has 0 fully saturated rings. The molecule has 96 valence electrons. The summed E-state index contributed by atoms with van der Waals surface area (Å²) in [5, 5.41) is 40.2. The van der Waals surface area contributed by atoms with Gasteiger partial charge < -0.3 is 10.2 Å². The maximum atomic E-state index is 10.2. The smallest absolute Gasteiger partial charge is 0.375 e. The van der Waals surface area contributed by atoms with E-state index in [0.717, 1.165) is 9.46 Å². The first-order valence-corrected chi connectivity index (χ1v) is 5.65. The second-order valence-electron chi connectivity index (χ2n) is 4.37. The summed E-state index contributed by atoms with van der Waals surface area (Å²) in [4.78, 5) is 0. The Morgan fingerprint density at radius 2 is 1.47 bits per heavy atom. The average Bonchev–Trinajstić information content (AvgIpc) is 2.39. The van der Waals surface area contributed by atoms with Crippen LogP contribution in [0.1, 0.15) is 5.56 Å². The zero-order valence-corrected chi connectivity index (χ0v) is 10.1. The number of hydrogen-bond acceptors (Lipinski definition) is 4. The molecule has 0 radical (unpaired) electrons. The molecular weight excluding hydrogens is 248 g/mol. The highest BCUT2D eigenvalue weighted by Gasteiger charge is 2.33. The monoisotopic (exact) mass is 260 g/mol. The number of aromatic nitrogens is 2. The SMILES string of the molecule is Cc1ccc2c(c1O)[n+](O)c1cccc(O)c1[n+]2O. The first-order valence-electron chi connectivity index (χ1n) is 5.65. The summed E-state index contributed by atoms with van der Waals surface area (Å²) in [6, 6.07) is 7.60. The van der Waals surface area contributed by atoms with E-state index in [1.54, 1.807) is 19.1 Å². The van der Waals surface area contributed by atoms with Crippen LogP contribution < -0.4 is 9.46 Å². The molecule has 4 N–H and O–H groups in total. The summed E-state index contributed by atoms with van der Waals surface area (Å²) in [5.74, 6) is -0.308. The van der Waals surface area contributed by atoms with Crippen LogP contribution in [-0.4, -0.2) is 20.6 Å². The van der Waals surface area contributed by atoms with Gasteiger partial charge in [-0.1, -0.05) is 6.07 Å². The van der Waals surface area contributed by atoms with Crippen molar-refractivity contribution in [2.75, 3.05) is 0 Å². The molecule has 0 amide bonds. The van der Waals surface area contributed by atoms with Gasteiger partial charge in [-0.25, -0.2) is 0 Å². The Labute approximate surface area is 107 Å². The van der Waals surface area contributed by atoms with Crippen molar-refractivity contribution in [3.8, 4) is 11.5 Å². The van der Waals surface area contributed by atoms with Crippen molar-refractivity contribution in [2.24, 2.45) is 0 Å². The molecule has 0 saturated carbocycles. The van der Waals surface area contributed by atoms with Gasteiger partial charge >= 0.3 is 22.1 Å². The Morgan fingerprint density at radius 3 is 2.21 bits per heavy atom. The summed E-state index contributed by atoms with van der Waals surface area (Å²) in [6.45, 7) is 1.68. The molecule has 0 spiro atoms. The normalized spacial score (nSPS) is 11.2. The van der Waals surface area contributed by atoms with Crippen molar-refractivity contribution < 1.29 is 30.1 Å². The molecule has 1 aromatic heterocycles. The highest BCUT2D eigenvalue weighted by molar-refractivity contribution is 5.83. The highest BCUT2D eigenvalue weighted by atomic mass is 16.5. The fraction of sp³-hybridized carbons (Fsp3) is 0.0769. The molecule has 0 aliphatic rings. The van der Waals surface area contributed by atoms with Gasteiger partial charge in [0.15, 0.2) is 0 Å². The molecule has 19 heavy (non-hydrogen) atoms. The minimum absolute atomic E-state index is 0.0563. The number of aryl methyl sites for hydroxylation is 1. The molecule has 3 rings (SSSR count). The predicted molar refractivity (Wildman–Crippen MR) is 64.3 cm³/mol. The fourth-order valence-electron chi connectivity index (χ4n) is 2.20. The fourth-order valence-corrected chi connectivity index (χ4v) is 2.20. The van der Waals surface area contributed by atoms with Crippen LogP contribution in [0.3, 0.4) is 0 Å². The number of rotatable bonds is 0. The molecule has 0 unspecified atom stereocenters. The second kappa shape index (κ2) is 3.61. The van der Waals surface area contributed by atoms with Gasteiger partial charge in [0.1, 0.15) is 0 Å². The third kappa shape index (κ3) is 1.36. The highest BCUT2D eigenvalue weighted by Crippen LogP contribution is 2.26. The van der Waals surface area contributed by atoms with E-state index in [1.807, 2.05) is 0 Å². The summed E-state index contributed by atoms with van der Waals surface area (Å²) in [5.41, 5.74) is 1.05. The van der Waals surface area contributed by atoms with Gasteiger partial charge in [-0.15, -0.1) is 0 Å². The summed E-state index contributed by atoms with van der Waals surface area (Å²) in [6.07, 6.45) is 0. The van der Waals surface area contributed by atoms with E-state index in [-0.39, 0.29) is 33.6 Å². The average molecular weight is 260 g/mol. The van der Waals surface area contributed by atoms with Crippen molar-refractivity contribution in [2.45, 2.75) is 6.92 Å². The molecule has 0 aliphatic carbocycles. The van der Waals surface area contributed by atoms with Gasteiger partial charge in [0.05, 0.1) is 0 Å². The molecule has 0 saturated heterocycles. The number of phenolic OH excluding ortho intramolecular Hbond substituents is 2. The van der Waals surface area contributed by atoms with E-state index in [1.165, 1.54) is 18.2 Å². The Morgan fingerprint density at radius 1 is 0.842 bits per heavy atom. The predicted octanol–water partition coefficient (Wildman–Crippen LogP) is 0.762. The lowest BCUT2D eigenvalue weighted by atomic mass is 10.1. The van der Waals surface area contributed by atoms with Crippen LogP contribution in [0.4, 0.5) is 0 Å². The quantitative estimate of drug-likeness (QED) is 0.273. The van der Waals surface area contributed by atoms with Crippen LogP contribution in [0, 0.1) is 6.92 Å². The van der Waals surface area contributed by atoms with Crippen LogP contribution >= 0.6 is 0 Å². The topological polar surface area (TPSA) is 88.7 Å². The first-order chi connectivity index (χ1) is 9.02. The molecule has 1 heterocycles. The Kier molecular flexibility index (Phi) is 2.16. The number of phenols is 2. The Bertz CT molecular complexity index is 830. The van der Waals surface area contributed by atoms with E-state index in [0.29, 0.717) is 5.56 Å². The third-order valence-corrected chi connectivity index (χ3v) is 3.21. The Hall–Kier alpha value is -2.76. The van der Waals surface area contributed by atoms with E-state index in [2.05, 4.69) is 0 Å². The van der Waals surface area contributed by atoms with Crippen molar-refractivity contribution in [3.63, 3.8) is 0 Å². The number of nitrogens with zero attached hydrogens (tertiary/aromatic N) is 2. The largest absolute Gasteiger partial charge is 0.502 e. The molecular formula is C13H12N2O4+2. The first kappa shape index (κ1) is 11.3. The van der Waals surface area contributed by atoms with Crippen molar-refractivity contribution in [1.29, 1.82) is 0 Å². The van der Waals surface area contributed by atoms with E-state index >= 15 is 0 Å². The van der Waals surface area contributed by atoms with Crippen LogP contribution in [0.15, 0.2) is 30.3 Å². The summed E-state index contributed by atoms with van der Waals surface area (Å²) >= 11 is 0. The molecule has 2 aromatic carbocycles. The van der Waals surface area contributed by atoms with Gasteiger partial charge in [-0.2, -0.15) is 0 Å². The van der Waals surface area contributed by atoms with Crippen LogP contribution in [-0.2, 0) is 0 Å². The maximum absolute atomic E-state index is 10.2. The van der Waals surface area contributed by atoms with Crippen LogP contribution in [0.2, 0.25) is 0 Å². The van der Waals surface area contributed by atoms with E-state index in [4.69, 9.17) is 0 Å². The lowest BCUT2D eigenvalue weighted by molar-refractivity contribution is -0.895. The van der Waals surface area contributed by atoms with E-state index in [9.17, 15) is 20.6 Å². The third-order valence-electron chi connectivity index (χ3n) is 3.21. The Balaban J connectivity index is 2.69. The number of fused-ring (bicyclic) bond motifs is 2. The van der Waals surface area contributed by atoms with Crippen LogP contribution in [0.5, 0.6) is 11.5 Å². The molecule has 3 aromatic rings. The van der Waals surface area contributed by atoms with Gasteiger partial charge in [0.2, 0.25) is 11.5 Å². The van der Waals surface area contributed by atoms with Crippen molar-refractivity contribution in [3.05, 3.63) is 35.9 Å². The lowest BCUT2D eigenvalue weighted by Gasteiger charge is -2.00. The molecule has 0 aliphatic heterocycles. The number of para-hydroxylation sites is 1. The van der Waals surface area contributed by atoms with Gasteiger partial charge in [-0.3, -0.25) is 10.4 Å². The van der Waals surface area contributed by atoms with Gasteiger partial charge in [0, 0.05) is 21.6 Å². The van der Waals surface area contributed by atoms with Crippen molar-refractivity contribution in [1.82, 2.24) is 0 Å². The lowest BCUT2D eigenvalue weighted by Crippen LogP contribution is -2.42. The zero-order chi connectivity index (χ0) is 13.7. The van der Waals surface area contributed by atoms with Gasteiger partial charge in [0.25, 0.3) is 0 Å². The molecule has 6 heteroatoms. The van der Waals surface area contributed by atoms with Gasteiger partial charge in [-0.05, 0) is 24.6 Å². The number of benzene rings is 2. The van der Waals surface area contributed by atoms with Crippen molar-refractivity contribution >= 4 is 22.1 Å². The molecule has 6 nitrogen and oxygen atoms in total. The zero-order valence-electron chi connectivity index (χ0n) is 10.1. The maximum Gasteiger partial charge on any atom is 0.375 e. The van der Waals surface area contributed by atoms with Crippen LogP contribution in [0.25, 0.3) is 22.1 Å². The summed E-state index contributed by atoms with van der Waals surface area (Å²) in [7, 11) is 0. The van der Waals surface area contributed by atoms with E-state index < -0.39 is 0 Å². The standard InChI is InChI=1S/C13H10N2O4/c1-7-5-6-9-12(13(7)17)15(19)8-3-2-4-10(16)11(8)14(9)18/h2-6,19H,1H3,(H-,16,17,18)/p+2. The minimum Gasteiger partial charge on any atom is -0.502 e.